The van der Waals surface area contributed by atoms with E-state index in [1.165, 1.54) is 18.4 Å². The maximum Gasteiger partial charge on any atom is 0.242 e. The van der Waals surface area contributed by atoms with E-state index in [0.717, 1.165) is 25.1 Å². The molecule has 1 aromatic carbocycles. The summed E-state index contributed by atoms with van der Waals surface area (Å²) >= 11 is 0. The van der Waals surface area contributed by atoms with Crippen LogP contribution in [0.25, 0.3) is 0 Å². The molecule has 3 rings (SSSR count). The summed E-state index contributed by atoms with van der Waals surface area (Å²) < 4.78 is 0. The third-order valence-corrected chi connectivity index (χ3v) is 5.76. The SMILES string of the molecule is CC(C)NC(=O)CN=C(NCC(=O)N(C)C)N1CC2(CCCC2)c2ccccc21. The molecule has 158 valence electrons. The van der Waals surface area contributed by atoms with Crippen molar-refractivity contribution in [3.8, 4) is 0 Å². The van der Waals surface area contributed by atoms with Gasteiger partial charge >= 0.3 is 0 Å². The van der Waals surface area contributed by atoms with E-state index >= 15 is 0 Å². The molecule has 0 radical (unpaired) electrons. The molecule has 29 heavy (non-hydrogen) atoms. The Labute approximate surface area is 173 Å². The number of hydrogen-bond donors (Lipinski definition) is 2. The number of carbonyl (C=O) groups excluding carboxylic acids is 2. The number of nitrogens with zero attached hydrogens (tertiary/aromatic N) is 3. The van der Waals surface area contributed by atoms with Crippen molar-refractivity contribution in [1.82, 2.24) is 15.5 Å². The average Bonchev–Trinajstić information content (AvgIpc) is 3.27. The van der Waals surface area contributed by atoms with E-state index in [4.69, 9.17) is 0 Å². The number of hydrogen-bond acceptors (Lipinski definition) is 3. The van der Waals surface area contributed by atoms with Gasteiger partial charge in [0.15, 0.2) is 5.96 Å². The predicted molar refractivity (Wildman–Crippen MR) is 116 cm³/mol. The number of aliphatic imine (C=N–C) groups is 1. The first-order valence-electron chi connectivity index (χ1n) is 10.5. The Bertz CT molecular complexity index is 781. The van der Waals surface area contributed by atoms with Crippen LogP contribution in [0.15, 0.2) is 29.3 Å². The highest BCUT2D eigenvalue weighted by atomic mass is 16.2. The minimum atomic E-state index is -0.124. The summed E-state index contributed by atoms with van der Waals surface area (Å²) in [6, 6.07) is 8.53. The molecule has 7 nitrogen and oxygen atoms in total. The van der Waals surface area contributed by atoms with Gasteiger partial charge in [0.2, 0.25) is 11.8 Å². The minimum absolute atomic E-state index is 0.0301. The van der Waals surface area contributed by atoms with Crippen LogP contribution in [-0.4, -0.2) is 62.4 Å². The highest BCUT2D eigenvalue weighted by molar-refractivity contribution is 6.01. The molecule has 0 atom stereocenters. The topological polar surface area (TPSA) is 77.0 Å². The van der Waals surface area contributed by atoms with E-state index in [1.807, 2.05) is 19.9 Å². The summed E-state index contributed by atoms with van der Waals surface area (Å²) in [6.45, 7) is 4.86. The van der Waals surface area contributed by atoms with Gasteiger partial charge in [0.05, 0.1) is 6.54 Å². The molecule has 1 aromatic rings. The van der Waals surface area contributed by atoms with Gasteiger partial charge in [0.1, 0.15) is 6.54 Å². The lowest BCUT2D eigenvalue weighted by Crippen LogP contribution is -2.47. The van der Waals surface area contributed by atoms with Gasteiger partial charge in [-0.3, -0.25) is 9.59 Å². The van der Waals surface area contributed by atoms with Crippen LogP contribution in [0.3, 0.4) is 0 Å². The van der Waals surface area contributed by atoms with E-state index in [0.29, 0.717) is 5.96 Å². The molecule has 7 heteroatoms. The zero-order valence-electron chi connectivity index (χ0n) is 18.0. The van der Waals surface area contributed by atoms with Gasteiger partial charge in [-0.05, 0) is 38.3 Å². The fourth-order valence-electron chi connectivity index (χ4n) is 4.36. The van der Waals surface area contributed by atoms with Gasteiger partial charge in [-0.15, -0.1) is 0 Å². The van der Waals surface area contributed by atoms with Crippen LogP contribution in [0, 0.1) is 0 Å². The number of amides is 2. The number of rotatable bonds is 5. The second kappa shape index (κ2) is 8.84. The average molecular weight is 400 g/mol. The minimum Gasteiger partial charge on any atom is -0.352 e. The molecule has 2 N–H and O–H groups in total. The summed E-state index contributed by atoms with van der Waals surface area (Å²) in [5.74, 6) is 0.434. The van der Waals surface area contributed by atoms with E-state index in [-0.39, 0.29) is 36.4 Å². The molecule has 0 bridgehead atoms. The maximum absolute atomic E-state index is 12.2. The highest BCUT2D eigenvalue weighted by Crippen LogP contribution is 2.50. The molecule has 1 saturated carbocycles. The van der Waals surface area contributed by atoms with Crippen LogP contribution in [0.5, 0.6) is 0 Å². The van der Waals surface area contributed by atoms with Crippen molar-refractivity contribution < 1.29 is 9.59 Å². The third-order valence-electron chi connectivity index (χ3n) is 5.76. The number of fused-ring (bicyclic) bond motifs is 2. The normalized spacial score (nSPS) is 17.6. The van der Waals surface area contributed by atoms with Crippen LogP contribution in [0.1, 0.15) is 45.1 Å². The van der Waals surface area contributed by atoms with Crippen LogP contribution in [0.2, 0.25) is 0 Å². The zero-order valence-corrected chi connectivity index (χ0v) is 18.0. The first-order chi connectivity index (χ1) is 13.8. The second-order valence-corrected chi connectivity index (χ2v) is 8.59. The van der Waals surface area contributed by atoms with Crippen LogP contribution < -0.4 is 15.5 Å². The lowest BCUT2D eigenvalue weighted by molar-refractivity contribution is -0.127. The number of para-hydroxylation sites is 1. The summed E-state index contributed by atoms with van der Waals surface area (Å²) in [6.07, 6.45) is 4.80. The molecule has 1 aliphatic carbocycles. The molecular formula is C22H33N5O2. The number of guanidine groups is 1. The van der Waals surface area contributed by atoms with E-state index in [9.17, 15) is 9.59 Å². The first-order valence-corrected chi connectivity index (χ1v) is 10.5. The molecule has 0 aromatic heterocycles. The monoisotopic (exact) mass is 399 g/mol. The Morgan fingerprint density at radius 3 is 2.55 bits per heavy atom. The van der Waals surface area contributed by atoms with Gasteiger partial charge in [-0.2, -0.15) is 0 Å². The molecule has 2 amide bonds. The van der Waals surface area contributed by atoms with Crippen molar-refractivity contribution in [2.75, 3.05) is 38.6 Å². The molecule has 1 spiro atoms. The number of nitrogens with one attached hydrogen (secondary N) is 2. The Morgan fingerprint density at radius 1 is 1.21 bits per heavy atom. The summed E-state index contributed by atoms with van der Waals surface area (Å²) in [4.78, 5) is 32.6. The number of likely N-dealkylation sites (N-methyl/N-ethyl adjacent to an activating group) is 1. The van der Waals surface area contributed by atoms with Crippen molar-refractivity contribution in [2.45, 2.75) is 51.0 Å². The van der Waals surface area contributed by atoms with Crippen LogP contribution in [-0.2, 0) is 15.0 Å². The number of anilines is 1. The molecule has 0 unspecified atom stereocenters. The third kappa shape index (κ3) is 4.71. The van der Waals surface area contributed by atoms with E-state index in [1.54, 1.807) is 19.0 Å². The van der Waals surface area contributed by atoms with Crippen molar-refractivity contribution >= 4 is 23.5 Å². The Hall–Kier alpha value is -2.57. The van der Waals surface area contributed by atoms with E-state index < -0.39 is 0 Å². The summed E-state index contributed by atoms with van der Waals surface area (Å²) in [5.41, 5.74) is 2.63. The molecular weight excluding hydrogens is 366 g/mol. The summed E-state index contributed by atoms with van der Waals surface area (Å²) in [7, 11) is 3.46. The summed E-state index contributed by atoms with van der Waals surface area (Å²) in [5, 5.41) is 6.08. The largest absolute Gasteiger partial charge is 0.352 e. The lowest BCUT2D eigenvalue weighted by atomic mass is 9.81. The van der Waals surface area contributed by atoms with Gasteiger partial charge in [-0.25, -0.2) is 4.99 Å². The van der Waals surface area contributed by atoms with Gasteiger partial charge in [-0.1, -0.05) is 31.0 Å². The van der Waals surface area contributed by atoms with Crippen molar-refractivity contribution in [2.24, 2.45) is 4.99 Å². The van der Waals surface area contributed by atoms with E-state index in [2.05, 4.69) is 38.7 Å². The van der Waals surface area contributed by atoms with Crippen molar-refractivity contribution in [3.63, 3.8) is 0 Å². The molecule has 1 heterocycles. The lowest BCUT2D eigenvalue weighted by Gasteiger charge is -2.27. The standard InChI is InChI=1S/C22H33N5O2/c1-16(2)25-19(28)13-23-21(24-14-20(29)26(3)4)27-15-22(11-7-8-12-22)17-9-5-6-10-18(17)27/h5-6,9-10,16H,7-8,11-15H2,1-4H3,(H,23,24)(H,25,28). The second-order valence-electron chi connectivity index (χ2n) is 8.59. The quantitative estimate of drug-likeness (QED) is 0.585. The molecule has 2 aliphatic rings. The van der Waals surface area contributed by atoms with Crippen LogP contribution >= 0.6 is 0 Å². The number of carbonyl (C=O) groups is 2. The van der Waals surface area contributed by atoms with Gasteiger partial charge in [0, 0.05) is 37.8 Å². The molecule has 0 saturated heterocycles. The van der Waals surface area contributed by atoms with Gasteiger partial charge < -0.3 is 20.4 Å². The van der Waals surface area contributed by atoms with Crippen molar-refractivity contribution in [1.29, 1.82) is 0 Å². The predicted octanol–water partition coefficient (Wildman–Crippen LogP) is 1.88. The molecule has 1 aliphatic heterocycles. The van der Waals surface area contributed by atoms with Crippen LogP contribution in [0.4, 0.5) is 5.69 Å². The zero-order chi connectivity index (χ0) is 21.0. The number of benzene rings is 1. The Morgan fingerprint density at radius 2 is 1.90 bits per heavy atom. The van der Waals surface area contributed by atoms with Gasteiger partial charge in [0.25, 0.3) is 0 Å². The maximum atomic E-state index is 12.2. The molecule has 1 fully saturated rings. The van der Waals surface area contributed by atoms with Crippen molar-refractivity contribution in [3.05, 3.63) is 29.8 Å². The fourth-order valence-corrected chi connectivity index (χ4v) is 4.36. The Balaban J connectivity index is 1.87. The highest BCUT2D eigenvalue weighted by Gasteiger charge is 2.45. The smallest absolute Gasteiger partial charge is 0.242 e. The first kappa shape index (κ1) is 21.1. The Kier molecular flexibility index (Phi) is 6.45. The fraction of sp³-hybridized carbons (Fsp3) is 0.591.